The number of aryl methyl sites for hydroxylation is 1. The standard InChI is InChI=1S/C23H22BrN5O/c1-28-14-16(11-26-28)23-12-25-21-6-5-18(10-22(21)27-23)29(13-15-3-4-15)19-7-17(24)8-20(9-19)30-2/h5-12,14-15H,3-4,13H2,1-2H3. The Labute approximate surface area is 183 Å². The molecule has 5 rings (SSSR count). The molecule has 0 amide bonds. The van der Waals surface area contributed by atoms with Gasteiger partial charge in [0.15, 0.2) is 0 Å². The van der Waals surface area contributed by atoms with Gasteiger partial charge in [0.2, 0.25) is 0 Å². The van der Waals surface area contributed by atoms with Crippen LogP contribution in [0.5, 0.6) is 5.75 Å². The zero-order valence-electron chi connectivity index (χ0n) is 16.9. The lowest BCUT2D eigenvalue weighted by atomic mass is 10.2. The molecule has 2 aromatic heterocycles. The lowest BCUT2D eigenvalue weighted by molar-refractivity contribution is 0.414. The van der Waals surface area contributed by atoms with Gasteiger partial charge in [-0.05, 0) is 49.1 Å². The maximum Gasteiger partial charge on any atom is 0.122 e. The van der Waals surface area contributed by atoms with E-state index in [4.69, 9.17) is 9.72 Å². The molecule has 0 spiro atoms. The van der Waals surface area contributed by atoms with Crippen LogP contribution in [0, 0.1) is 5.92 Å². The summed E-state index contributed by atoms with van der Waals surface area (Å²) in [5.41, 5.74) is 5.74. The maximum atomic E-state index is 5.49. The first-order chi connectivity index (χ1) is 14.6. The molecule has 0 bridgehead atoms. The number of benzene rings is 2. The summed E-state index contributed by atoms with van der Waals surface area (Å²) in [7, 11) is 3.60. The number of anilines is 2. The summed E-state index contributed by atoms with van der Waals surface area (Å²) in [5.74, 6) is 1.55. The monoisotopic (exact) mass is 463 g/mol. The summed E-state index contributed by atoms with van der Waals surface area (Å²) in [6, 6.07) is 12.5. The zero-order valence-corrected chi connectivity index (χ0v) is 18.5. The van der Waals surface area contributed by atoms with Crippen LogP contribution < -0.4 is 9.64 Å². The van der Waals surface area contributed by atoms with Crippen molar-refractivity contribution >= 4 is 38.3 Å². The first-order valence-corrected chi connectivity index (χ1v) is 10.8. The summed E-state index contributed by atoms with van der Waals surface area (Å²) in [4.78, 5) is 11.8. The van der Waals surface area contributed by atoms with Gasteiger partial charge in [-0.15, -0.1) is 0 Å². The predicted octanol–water partition coefficient (Wildman–Crippen LogP) is 5.35. The van der Waals surface area contributed by atoms with Crippen LogP contribution in [-0.2, 0) is 7.05 Å². The van der Waals surface area contributed by atoms with Crippen LogP contribution in [0.15, 0.2) is 59.5 Å². The van der Waals surface area contributed by atoms with E-state index in [1.807, 2.05) is 31.6 Å². The van der Waals surface area contributed by atoms with Gasteiger partial charge in [-0.1, -0.05) is 15.9 Å². The second-order valence-electron chi connectivity index (χ2n) is 7.73. The molecule has 1 aliphatic rings. The number of hydrogen-bond acceptors (Lipinski definition) is 5. The van der Waals surface area contributed by atoms with Gasteiger partial charge in [-0.2, -0.15) is 5.10 Å². The Bertz CT molecular complexity index is 1220. The lowest BCUT2D eigenvalue weighted by Crippen LogP contribution is -2.20. The second-order valence-corrected chi connectivity index (χ2v) is 8.65. The van der Waals surface area contributed by atoms with E-state index in [-0.39, 0.29) is 0 Å². The molecule has 0 saturated heterocycles. The summed E-state index contributed by atoms with van der Waals surface area (Å²) in [6.45, 7) is 0.973. The van der Waals surface area contributed by atoms with Crippen molar-refractivity contribution in [3.8, 4) is 17.0 Å². The topological polar surface area (TPSA) is 56.1 Å². The zero-order chi connectivity index (χ0) is 20.7. The Morgan fingerprint density at radius 3 is 2.70 bits per heavy atom. The summed E-state index contributed by atoms with van der Waals surface area (Å²) in [6.07, 6.45) is 8.13. The minimum atomic E-state index is 0.721. The molecular weight excluding hydrogens is 442 g/mol. The van der Waals surface area contributed by atoms with Crippen LogP contribution in [0.1, 0.15) is 12.8 Å². The van der Waals surface area contributed by atoms with E-state index < -0.39 is 0 Å². The van der Waals surface area contributed by atoms with Crippen LogP contribution in [0.4, 0.5) is 11.4 Å². The summed E-state index contributed by atoms with van der Waals surface area (Å²) >= 11 is 3.62. The summed E-state index contributed by atoms with van der Waals surface area (Å²) in [5, 5.41) is 4.25. The summed E-state index contributed by atoms with van der Waals surface area (Å²) < 4.78 is 8.26. The van der Waals surface area contributed by atoms with E-state index in [2.05, 4.69) is 55.2 Å². The average molecular weight is 464 g/mol. The van der Waals surface area contributed by atoms with E-state index >= 15 is 0 Å². The first kappa shape index (κ1) is 19.1. The van der Waals surface area contributed by atoms with Crippen molar-refractivity contribution in [2.75, 3.05) is 18.6 Å². The van der Waals surface area contributed by atoms with Crippen molar-refractivity contribution in [2.45, 2.75) is 12.8 Å². The minimum Gasteiger partial charge on any atom is -0.497 e. The Kier molecular flexibility index (Phi) is 4.90. The molecule has 1 fully saturated rings. The lowest BCUT2D eigenvalue weighted by Gasteiger charge is -2.26. The van der Waals surface area contributed by atoms with Crippen LogP contribution >= 0.6 is 15.9 Å². The van der Waals surface area contributed by atoms with E-state index in [1.165, 1.54) is 12.8 Å². The highest BCUT2D eigenvalue weighted by Gasteiger charge is 2.26. The van der Waals surface area contributed by atoms with Gasteiger partial charge < -0.3 is 9.64 Å². The molecule has 2 heterocycles. The predicted molar refractivity (Wildman–Crippen MR) is 122 cm³/mol. The Hall–Kier alpha value is -2.93. The fourth-order valence-corrected chi connectivity index (χ4v) is 4.06. The number of halogens is 1. The molecule has 1 aliphatic carbocycles. The highest BCUT2D eigenvalue weighted by atomic mass is 79.9. The van der Waals surface area contributed by atoms with Crippen molar-refractivity contribution in [3.63, 3.8) is 0 Å². The van der Waals surface area contributed by atoms with Crippen molar-refractivity contribution in [1.29, 1.82) is 0 Å². The van der Waals surface area contributed by atoms with Crippen molar-refractivity contribution < 1.29 is 4.74 Å². The third-order valence-corrected chi connectivity index (χ3v) is 5.84. The van der Waals surface area contributed by atoms with Gasteiger partial charge >= 0.3 is 0 Å². The molecule has 0 radical (unpaired) electrons. The Morgan fingerprint density at radius 2 is 1.97 bits per heavy atom. The second kappa shape index (κ2) is 7.72. The molecule has 2 aromatic carbocycles. The minimum absolute atomic E-state index is 0.721. The molecule has 0 unspecified atom stereocenters. The Balaban J connectivity index is 1.58. The van der Waals surface area contributed by atoms with Crippen molar-refractivity contribution in [1.82, 2.24) is 19.7 Å². The highest BCUT2D eigenvalue weighted by Crippen LogP contribution is 2.38. The number of methoxy groups -OCH3 is 1. The van der Waals surface area contributed by atoms with Gasteiger partial charge in [-0.25, -0.2) is 4.98 Å². The third-order valence-electron chi connectivity index (χ3n) is 5.38. The SMILES string of the molecule is COc1cc(Br)cc(N(CC2CC2)c2ccc3ncc(-c4cnn(C)c4)nc3c2)c1. The number of rotatable bonds is 6. The number of aromatic nitrogens is 4. The first-order valence-electron chi connectivity index (χ1n) is 9.97. The molecular formula is C23H22BrN5O. The van der Waals surface area contributed by atoms with Gasteiger partial charge in [0, 0.05) is 47.3 Å². The molecule has 1 saturated carbocycles. The number of nitrogens with zero attached hydrogens (tertiary/aromatic N) is 5. The van der Waals surface area contributed by atoms with E-state index in [0.717, 1.165) is 56.4 Å². The fourth-order valence-electron chi connectivity index (χ4n) is 3.60. The van der Waals surface area contributed by atoms with Crippen LogP contribution in [0.3, 0.4) is 0 Å². The molecule has 30 heavy (non-hydrogen) atoms. The van der Waals surface area contributed by atoms with Crippen LogP contribution in [0.25, 0.3) is 22.3 Å². The third kappa shape index (κ3) is 3.89. The molecule has 0 aliphatic heterocycles. The van der Waals surface area contributed by atoms with E-state index in [1.54, 1.807) is 18.0 Å². The Morgan fingerprint density at radius 1 is 1.10 bits per heavy atom. The van der Waals surface area contributed by atoms with Gasteiger partial charge in [-0.3, -0.25) is 9.67 Å². The van der Waals surface area contributed by atoms with Crippen molar-refractivity contribution in [3.05, 3.63) is 59.5 Å². The molecule has 7 heteroatoms. The van der Waals surface area contributed by atoms with Gasteiger partial charge in [0.1, 0.15) is 5.75 Å². The fraction of sp³-hybridized carbons (Fsp3) is 0.261. The number of hydrogen-bond donors (Lipinski definition) is 0. The largest absolute Gasteiger partial charge is 0.497 e. The molecule has 4 aromatic rings. The molecule has 0 atom stereocenters. The quantitative estimate of drug-likeness (QED) is 0.385. The molecule has 0 N–H and O–H groups in total. The normalized spacial score (nSPS) is 13.6. The molecule has 6 nitrogen and oxygen atoms in total. The number of fused-ring (bicyclic) bond motifs is 1. The number of ether oxygens (including phenoxy) is 1. The van der Waals surface area contributed by atoms with E-state index in [0.29, 0.717) is 0 Å². The van der Waals surface area contributed by atoms with Crippen molar-refractivity contribution in [2.24, 2.45) is 13.0 Å². The molecule has 152 valence electrons. The van der Waals surface area contributed by atoms with Crippen LogP contribution in [0.2, 0.25) is 0 Å². The van der Waals surface area contributed by atoms with E-state index in [9.17, 15) is 0 Å². The van der Waals surface area contributed by atoms with Gasteiger partial charge in [0.25, 0.3) is 0 Å². The average Bonchev–Trinajstić information content (AvgIpc) is 3.48. The smallest absolute Gasteiger partial charge is 0.122 e. The van der Waals surface area contributed by atoms with Crippen LogP contribution in [-0.4, -0.2) is 33.4 Å². The maximum absolute atomic E-state index is 5.49. The highest BCUT2D eigenvalue weighted by molar-refractivity contribution is 9.10. The van der Waals surface area contributed by atoms with Gasteiger partial charge in [0.05, 0.1) is 36.2 Å².